The molecule has 1 fully saturated rings. The van der Waals surface area contributed by atoms with Crippen LogP contribution < -0.4 is 4.74 Å². The van der Waals surface area contributed by atoms with Crippen LogP contribution in [0, 0.1) is 5.92 Å². The monoisotopic (exact) mass is 380 g/mol. The Balaban J connectivity index is 1.58. The number of carbonyl (C=O) groups excluding carboxylic acids is 1. The highest BCUT2D eigenvalue weighted by atomic mass is 16.6. The van der Waals surface area contributed by atoms with Crippen LogP contribution in [-0.4, -0.2) is 12.6 Å². The van der Waals surface area contributed by atoms with Gasteiger partial charge < -0.3 is 9.47 Å². The fourth-order valence-electron chi connectivity index (χ4n) is 3.71. The maximum Gasteiger partial charge on any atom is 0.309 e. The number of esters is 1. The van der Waals surface area contributed by atoms with E-state index in [1.54, 1.807) is 0 Å². The van der Waals surface area contributed by atoms with E-state index in [-0.39, 0.29) is 18.0 Å². The molecule has 2 atom stereocenters. The highest BCUT2D eigenvalue weighted by molar-refractivity contribution is 5.75. The fraction of sp³-hybridized carbons (Fsp3) is 0.480. The Bertz CT molecular complexity index is 733. The molecule has 28 heavy (non-hydrogen) atoms. The minimum Gasteiger partial charge on any atom is -0.494 e. The molecule has 1 aliphatic rings. The van der Waals surface area contributed by atoms with Crippen molar-refractivity contribution in [2.24, 2.45) is 5.92 Å². The average Bonchev–Trinajstić information content (AvgIpc) is 3.11. The second kappa shape index (κ2) is 10.3. The molecule has 1 aliphatic heterocycles. The third kappa shape index (κ3) is 5.37. The Morgan fingerprint density at radius 3 is 2.18 bits per heavy atom. The Kier molecular flexibility index (Phi) is 7.53. The van der Waals surface area contributed by atoms with E-state index in [0.29, 0.717) is 0 Å². The number of carbonyl (C=O) groups is 1. The van der Waals surface area contributed by atoms with Gasteiger partial charge in [-0.3, -0.25) is 4.79 Å². The number of hydrogen-bond donors (Lipinski definition) is 0. The van der Waals surface area contributed by atoms with Crippen molar-refractivity contribution in [2.75, 3.05) is 6.61 Å². The van der Waals surface area contributed by atoms with E-state index in [4.69, 9.17) is 9.47 Å². The van der Waals surface area contributed by atoms with Gasteiger partial charge in [0.1, 0.15) is 11.9 Å². The number of benzene rings is 2. The first-order valence-electron chi connectivity index (χ1n) is 10.7. The third-order valence-electron chi connectivity index (χ3n) is 5.48. The van der Waals surface area contributed by atoms with E-state index in [1.165, 1.54) is 12.8 Å². The van der Waals surface area contributed by atoms with Gasteiger partial charge in [-0.25, -0.2) is 0 Å². The zero-order chi connectivity index (χ0) is 19.8. The van der Waals surface area contributed by atoms with Crippen molar-refractivity contribution in [3.8, 4) is 16.9 Å². The van der Waals surface area contributed by atoms with Crippen molar-refractivity contribution in [1.82, 2.24) is 0 Å². The van der Waals surface area contributed by atoms with Crippen LogP contribution in [0.1, 0.15) is 70.5 Å². The van der Waals surface area contributed by atoms with Gasteiger partial charge in [-0.15, -0.1) is 0 Å². The van der Waals surface area contributed by atoms with Gasteiger partial charge in [-0.05, 0) is 41.7 Å². The predicted octanol–water partition coefficient (Wildman–Crippen LogP) is 6.72. The molecule has 1 heterocycles. The summed E-state index contributed by atoms with van der Waals surface area (Å²) in [6.07, 6.45) is 7.37. The van der Waals surface area contributed by atoms with E-state index in [2.05, 4.69) is 50.2 Å². The van der Waals surface area contributed by atoms with Crippen LogP contribution in [-0.2, 0) is 9.53 Å². The van der Waals surface area contributed by atoms with Crippen LogP contribution in [0.3, 0.4) is 0 Å². The summed E-state index contributed by atoms with van der Waals surface area (Å²) in [4.78, 5) is 12.1. The zero-order valence-electron chi connectivity index (χ0n) is 17.2. The standard InChI is InChI=1S/C25H32O3/c1-3-5-7-17-27-23-15-13-20(14-16-23)19-9-11-21(12-10-19)24-18-22(8-6-4-2)25(26)28-24/h9-16,22,24H,3-8,17-18H2,1-2H3. The quantitative estimate of drug-likeness (QED) is 0.339. The Hall–Kier alpha value is -2.29. The van der Waals surface area contributed by atoms with Gasteiger partial charge in [-0.2, -0.15) is 0 Å². The molecule has 0 amide bonds. The molecule has 0 aromatic heterocycles. The molecule has 2 aromatic carbocycles. The molecule has 2 unspecified atom stereocenters. The number of ether oxygens (including phenoxy) is 2. The lowest BCUT2D eigenvalue weighted by molar-refractivity contribution is -0.144. The van der Waals surface area contributed by atoms with Gasteiger partial charge in [0, 0.05) is 6.42 Å². The summed E-state index contributed by atoms with van der Waals surface area (Å²) in [6, 6.07) is 16.7. The van der Waals surface area contributed by atoms with Gasteiger partial charge in [0.25, 0.3) is 0 Å². The maximum absolute atomic E-state index is 12.1. The van der Waals surface area contributed by atoms with Crippen molar-refractivity contribution < 1.29 is 14.3 Å². The highest BCUT2D eigenvalue weighted by Crippen LogP contribution is 2.36. The van der Waals surface area contributed by atoms with Crippen LogP contribution in [0.2, 0.25) is 0 Å². The summed E-state index contributed by atoms with van der Waals surface area (Å²) in [5.74, 6) is 0.957. The normalized spacial score (nSPS) is 18.9. The Morgan fingerprint density at radius 1 is 0.893 bits per heavy atom. The fourth-order valence-corrected chi connectivity index (χ4v) is 3.71. The van der Waals surface area contributed by atoms with E-state index in [0.717, 1.165) is 61.2 Å². The third-order valence-corrected chi connectivity index (χ3v) is 5.48. The van der Waals surface area contributed by atoms with E-state index >= 15 is 0 Å². The van der Waals surface area contributed by atoms with Crippen molar-refractivity contribution in [1.29, 1.82) is 0 Å². The molecule has 0 saturated carbocycles. The summed E-state index contributed by atoms with van der Waals surface area (Å²) in [7, 11) is 0. The van der Waals surface area contributed by atoms with Crippen LogP contribution in [0.15, 0.2) is 48.5 Å². The van der Waals surface area contributed by atoms with Crippen LogP contribution in [0.4, 0.5) is 0 Å². The molecular formula is C25H32O3. The van der Waals surface area contributed by atoms with Gasteiger partial charge in [0.05, 0.1) is 12.5 Å². The first kappa shape index (κ1) is 20.4. The Morgan fingerprint density at radius 2 is 1.54 bits per heavy atom. The molecule has 0 spiro atoms. The van der Waals surface area contributed by atoms with Crippen molar-refractivity contribution in [3.05, 3.63) is 54.1 Å². The van der Waals surface area contributed by atoms with Gasteiger partial charge in [-0.1, -0.05) is 75.9 Å². The molecule has 1 saturated heterocycles. The van der Waals surface area contributed by atoms with Crippen molar-refractivity contribution in [2.45, 2.75) is 64.9 Å². The van der Waals surface area contributed by atoms with Crippen molar-refractivity contribution in [3.63, 3.8) is 0 Å². The topological polar surface area (TPSA) is 35.5 Å². The average molecular weight is 381 g/mol. The summed E-state index contributed by atoms with van der Waals surface area (Å²) >= 11 is 0. The molecule has 2 aromatic rings. The second-order valence-corrected chi connectivity index (χ2v) is 7.70. The van der Waals surface area contributed by atoms with E-state index in [9.17, 15) is 4.79 Å². The maximum atomic E-state index is 12.1. The molecule has 3 heteroatoms. The summed E-state index contributed by atoms with van der Waals surface area (Å²) in [5, 5.41) is 0. The van der Waals surface area contributed by atoms with Gasteiger partial charge in [0.2, 0.25) is 0 Å². The highest BCUT2D eigenvalue weighted by Gasteiger charge is 2.34. The van der Waals surface area contributed by atoms with Crippen molar-refractivity contribution >= 4 is 5.97 Å². The van der Waals surface area contributed by atoms with Crippen LogP contribution in [0.5, 0.6) is 5.75 Å². The van der Waals surface area contributed by atoms with E-state index < -0.39 is 0 Å². The SMILES string of the molecule is CCCCCOc1ccc(-c2ccc(C3CC(CCCC)C(=O)O3)cc2)cc1. The first-order valence-corrected chi connectivity index (χ1v) is 10.7. The largest absolute Gasteiger partial charge is 0.494 e. The van der Waals surface area contributed by atoms with Crippen LogP contribution in [0.25, 0.3) is 11.1 Å². The number of rotatable bonds is 10. The number of unbranched alkanes of at least 4 members (excludes halogenated alkanes) is 3. The summed E-state index contributed by atoms with van der Waals surface area (Å²) in [5.41, 5.74) is 3.41. The molecule has 3 rings (SSSR count). The van der Waals surface area contributed by atoms with Crippen LogP contribution >= 0.6 is 0 Å². The predicted molar refractivity (Wildman–Crippen MR) is 113 cm³/mol. The number of cyclic esters (lactones) is 1. The smallest absolute Gasteiger partial charge is 0.309 e. The second-order valence-electron chi connectivity index (χ2n) is 7.70. The minimum atomic E-state index is -0.0951. The molecule has 0 bridgehead atoms. The lowest BCUT2D eigenvalue weighted by atomic mass is 9.94. The summed E-state index contributed by atoms with van der Waals surface area (Å²) in [6.45, 7) is 5.13. The summed E-state index contributed by atoms with van der Waals surface area (Å²) < 4.78 is 11.4. The molecule has 0 N–H and O–H groups in total. The molecule has 3 nitrogen and oxygen atoms in total. The lowest BCUT2D eigenvalue weighted by Crippen LogP contribution is -2.06. The van der Waals surface area contributed by atoms with Gasteiger partial charge in [0.15, 0.2) is 0 Å². The minimum absolute atomic E-state index is 0.0305. The molecule has 150 valence electrons. The lowest BCUT2D eigenvalue weighted by Gasteiger charge is -2.11. The number of hydrogen-bond acceptors (Lipinski definition) is 3. The molecular weight excluding hydrogens is 348 g/mol. The molecule has 0 radical (unpaired) electrons. The Labute approximate surface area is 169 Å². The van der Waals surface area contributed by atoms with Gasteiger partial charge >= 0.3 is 5.97 Å². The van der Waals surface area contributed by atoms with E-state index in [1.807, 2.05) is 12.1 Å². The zero-order valence-corrected chi connectivity index (χ0v) is 17.2. The first-order chi connectivity index (χ1) is 13.7. The molecule has 0 aliphatic carbocycles.